The molecule has 2 aliphatic carbocycles. The highest BCUT2D eigenvalue weighted by Gasteiger charge is 2.49. The van der Waals surface area contributed by atoms with Gasteiger partial charge < -0.3 is 14.7 Å². The van der Waals surface area contributed by atoms with E-state index in [-0.39, 0.29) is 17.7 Å². The van der Waals surface area contributed by atoms with Crippen molar-refractivity contribution in [2.24, 2.45) is 16.8 Å². The van der Waals surface area contributed by atoms with Crippen molar-refractivity contribution in [3.8, 4) is 0 Å². The van der Waals surface area contributed by atoms with E-state index < -0.39 is 5.54 Å². The van der Waals surface area contributed by atoms with Crippen molar-refractivity contribution in [3.63, 3.8) is 0 Å². The van der Waals surface area contributed by atoms with Crippen LogP contribution in [0.2, 0.25) is 0 Å². The molecule has 0 aromatic carbocycles. The summed E-state index contributed by atoms with van der Waals surface area (Å²) in [7, 11) is 0. The average molecular weight is 396 g/mol. The summed E-state index contributed by atoms with van der Waals surface area (Å²) in [4.78, 5) is 41.1. The lowest BCUT2D eigenvalue weighted by Gasteiger charge is -2.39. The first-order chi connectivity index (χ1) is 14.1. The number of hydrogen-bond donors (Lipinski definition) is 0. The molecule has 2 amide bonds. The van der Waals surface area contributed by atoms with Gasteiger partial charge in [-0.2, -0.15) is 0 Å². The van der Waals surface area contributed by atoms with Crippen molar-refractivity contribution in [2.45, 2.75) is 44.1 Å². The second-order valence-electron chi connectivity index (χ2n) is 8.95. The number of aromatic nitrogens is 1. The van der Waals surface area contributed by atoms with Gasteiger partial charge in [-0.05, 0) is 56.6 Å². The summed E-state index contributed by atoms with van der Waals surface area (Å²) in [5.74, 6) is 2.10. The Morgan fingerprint density at radius 3 is 2.48 bits per heavy atom. The van der Waals surface area contributed by atoms with Crippen LogP contribution in [-0.2, 0) is 9.59 Å². The van der Waals surface area contributed by atoms with Crippen LogP contribution in [0.4, 0.5) is 5.82 Å². The predicted molar refractivity (Wildman–Crippen MR) is 111 cm³/mol. The van der Waals surface area contributed by atoms with E-state index in [1.165, 1.54) is 12.8 Å². The first-order valence-electron chi connectivity index (χ1n) is 11.0. The number of amides is 2. The zero-order valence-electron chi connectivity index (χ0n) is 16.9. The molecule has 4 aliphatic rings. The summed E-state index contributed by atoms with van der Waals surface area (Å²) >= 11 is 0. The molecule has 2 saturated carbocycles. The molecule has 1 saturated heterocycles. The standard InChI is InChI=1S/C22H29N5O2/c28-20(26-13-11-25(12-14-26)19-3-1-2-10-23-19)18-6-8-22(9-7-18)21(29)27(16-24-22)15-17-4-5-17/h1-3,10,16-18H,4-9,11-15H2. The number of piperazine rings is 1. The molecule has 0 N–H and O–H groups in total. The molecule has 1 aromatic rings. The SMILES string of the molecule is O=C(C1CCC2(CC1)N=CN(CC1CC1)C2=O)N1CCN(c2ccccn2)CC1. The molecule has 1 spiro atoms. The third-order valence-electron chi connectivity index (χ3n) is 6.98. The highest BCUT2D eigenvalue weighted by Crippen LogP contribution is 2.40. The molecule has 3 fully saturated rings. The van der Waals surface area contributed by atoms with Crippen molar-refractivity contribution in [1.29, 1.82) is 0 Å². The van der Waals surface area contributed by atoms with Gasteiger partial charge >= 0.3 is 0 Å². The summed E-state index contributed by atoms with van der Waals surface area (Å²) in [6.45, 7) is 3.94. The molecular weight excluding hydrogens is 366 g/mol. The Balaban J connectivity index is 1.13. The van der Waals surface area contributed by atoms with Gasteiger partial charge in [-0.3, -0.25) is 14.6 Å². The third kappa shape index (κ3) is 3.63. The molecule has 0 atom stereocenters. The third-order valence-corrected chi connectivity index (χ3v) is 6.98. The second kappa shape index (κ2) is 7.43. The molecule has 7 nitrogen and oxygen atoms in total. The predicted octanol–water partition coefficient (Wildman–Crippen LogP) is 1.94. The molecule has 154 valence electrons. The smallest absolute Gasteiger partial charge is 0.255 e. The molecule has 29 heavy (non-hydrogen) atoms. The van der Waals surface area contributed by atoms with E-state index in [4.69, 9.17) is 0 Å². The Morgan fingerprint density at radius 1 is 1.07 bits per heavy atom. The van der Waals surface area contributed by atoms with Crippen molar-refractivity contribution in [3.05, 3.63) is 24.4 Å². The molecular formula is C22H29N5O2. The average Bonchev–Trinajstić information content (AvgIpc) is 3.56. The lowest BCUT2D eigenvalue weighted by molar-refractivity contribution is -0.140. The zero-order valence-corrected chi connectivity index (χ0v) is 16.9. The molecule has 0 bridgehead atoms. The zero-order chi connectivity index (χ0) is 19.8. The van der Waals surface area contributed by atoms with E-state index in [1.807, 2.05) is 34.2 Å². The molecule has 0 radical (unpaired) electrons. The topological polar surface area (TPSA) is 69.1 Å². The Morgan fingerprint density at radius 2 is 1.83 bits per heavy atom. The fourth-order valence-corrected chi connectivity index (χ4v) is 4.90. The van der Waals surface area contributed by atoms with Crippen LogP contribution in [0, 0.1) is 11.8 Å². The molecule has 0 unspecified atom stereocenters. The van der Waals surface area contributed by atoms with Crippen molar-refractivity contribution >= 4 is 24.0 Å². The number of rotatable bonds is 4. The van der Waals surface area contributed by atoms with Crippen LogP contribution in [0.15, 0.2) is 29.4 Å². The minimum atomic E-state index is -0.580. The van der Waals surface area contributed by atoms with Gasteiger partial charge in [0, 0.05) is 44.8 Å². The fourth-order valence-electron chi connectivity index (χ4n) is 4.90. The van der Waals surface area contributed by atoms with Gasteiger partial charge in [0.1, 0.15) is 11.4 Å². The normalized spacial score (nSPS) is 29.7. The first kappa shape index (κ1) is 18.6. The van der Waals surface area contributed by atoms with Crippen LogP contribution >= 0.6 is 0 Å². The number of nitrogens with zero attached hydrogens (tertiary/aromatic N) is 5. The Hall–Kier alpha value is -2.44. The van der Waals surface area contributed by atoms with Gasteiger partial charge in [-0.25, -0.2) is 4.98 Å². The van der Waals surface area contributed by atoms with Gasteiger partial charge in [-0.15, -0.1) is 0 Å². The summed E-state index contributed by atoms with van der Waals surface area (Å²) < 4.78 is 0. The van der Waals surface area contributed by atoms with Crippen molar-refractivity contribution < 1.29 is 9.59 Å². The summed E-state index contributed by atoms with van der Waals surface area (Å²) in [6.07, 6.45) is 8.97. The second-order valence-corrected chi connectivity index (χ2v) is 8.95. The summed E-state index contributed by atoms with van der Waals surface area (Å²) in [6, 6.07) is 5.93. The highest BCUT2D eigenvalue weighted by molar-refractivity contribution is 6.00. The largest absolute Gasteiger partial charge is 0.353 e. The number of carbonyl (C=O) groups is 2. The van der Waals surface area contributed by atoms with E-state index in [9.17, 15) is 9.59 Å². The van der Waals surface area contributed by atoms with Gasteiger partial charge in [-0.1, -0.05) is 6.07 Å². The van der Waals surface area contributed by atoms with E-state index in [0.29, 0.717) is 18.8 Å². The Kier molecular flexibility index (Phi) is 4.76. The number of hydrogen-bond acceptors (Lipinski definition) is 5. The van der Waals surface area contributed by atoms with Crippen LogP contribution < -0.4 is 4.90 Å². The molecule has 5 rings (SSSR count). The van der Waals surface area contributed by atoms with Crippen LogP contribution in [0.3, 0.4) is 0 Å². The molecule has 3 heterocycles. The molecule has 1 aromatic heterocycles. The van der Waals surface area contributed by atoms with Crippen LogP contribution in [-0.4, -0.2) is 71.2 Å². The van der Waals surface area contributed by atoms with E-state index in [2.05, 4.69) is 14.9 Å². The lowest BCUT2D eigenvalue weighted by atomic mass is 9.76. The first-order valence-corrected chi connectivity index (χ1v) is 11.0. The minimum absolute atomic E-state index is 0.0301. The van der Waals surface area contributed by atoms with Gasteiger partial charge in [0.2, 0.25) is 5.91 Å². The highest BCUT2D eigenvalue weighted by atomic mass is 16.2. The van der Waals surface area contributed by atoms with Gasteiger partial charge in [0.15, 0.2) is 0 Å². The van der Waals surface area contributed by atoms with Crippen LogP contribution in [0.1, 0.15) is 38.5 Å². The minimum Gasteiger partial charge on any atom is -0.353 e. The number of carbonyl (C=O) groups excluding carboxylic acids is 2. The summed E-state index contributed by atoms with van der Waals surface area (Å²) in [5, 5.41) is 0. The maximum atomic E-state index is 13.1. The molecule has 2 aliphatic heterocycles. The van der Waals surface area contributed by atoms with E-state index >= 15 is 0 Å². The fraction of sp³-hybridized carbons (Fsp3) is 0.636. The maximum absolute atomic E-state index is 13.1. The monoisotopic (exact) mass is 395 g/mol. The van der Waals surface area contributed by atoms with Crippen LogP contribution in [0.5, 0.6) is 0 Å². The molecule has 7 heteroatoms. The Labute approximate surface area is 171 Å². The Bertz CT molecular complexity index is 791. The van der Waals surface area contributed by atoms with Gasteiger partial charge in [0.05, 0.1) is 6.34 Å². The van der Waals surface area contributed by atoms with Crippen molar-refractivity contribution in [1.82, 2.24) is 14.8 Å². The number of pyridine rings is 1. The van der Waals surface area contributed by atoms with Gasteiger partial charge in [0.25, 0.3) is 5.91 Å². The number of anilines is 1. The van der Waals surface area contributed by atoms with Crippen molar-refractivity contribution in [2.75, 3.05) is 37.6 Å². The van der Waals surface area contributed by atoms with E-state index in [1.54, 1.807) is 6.34 Å². The van der Waals surface area contributed by atoms with E-state index in [0.717, 1.165) is 51.4 Å². The quantitative estimate of drug-likeness (QED) is 0.781. The maximum Gasteiger partial charge on any atom is 0.255 e. The summed E-state index contributed by atoms with van der Waals surface area (Å²) in [5.41, 5.74) is -0.580. The number of aliphatic imine (C=N–C) groups is 1. The van der Waals surface area contributed by atoms with Crippen LogP contribution in [0.25, 0.3) is 0 Å². The lowest BCUT2D eigenvalue weighted by Crippen LogP contribution is -2.52.